The molecule has 0 aromatic rings. The molecule has 3 N–H and O–H groups in total. The fourth-order valence-electron chi connectivity index (χ4n) is 0.463. The maximum absolute atomic E-state index is 10.5. The first-order chi connectivity index (χ1) is 5.86. The van der Waals surface area contributed by atoms with Gasteiger partial charge in [-0.05, 0) is 0 Å². The second-order valence-corrected chi connectivity index (χ2v) is 1.84. The van der Waals surface area contributed by atoms with Crippen LogP contribution in [-0.4, -0.2) is 39.0 Å². The van der Waals surface area contributed by atoms with E-state index >= 15 is 0 Å². The largest absolute Gasteiger partial charge is 0.478 e. The minimum absolute atomic E-state index is 0.0266. The summed E-state index contributed by atoms with van der Waals surface area (Å²) in [5.41, 5.74) is -1.29. The quantitative estimate of drug-likeness (QED) is 0.217. The number of carboxylic acid groups (broad SMARTS) is 3. The summed E-state index contributed by atoms with van der Waals surface area (Å²) in [6, 6.07) is 0. The van der Waals surface area contributed by atoms with Crippen LogP contribution in [0.5, 0.6) is 0 Å². The maximum atomic E-state index is 10.5. The van der Waals surface area contributed by atoms with E-state index in [4.69, 9.17) is 15.3 Å². The smallest absolute Gasteiger partial charge is 0.377 e. The Balaban J connectivity index is 5.05. The van der Waals surface area contributed by atoms with E-state index in [0.717, 1.165) is 0 Å². The van der Waals surface area contributed by atoms with Gasteiger partial charge in [0.1, 0.15) is 5.57 Å². The Bertz CT molecular complexity index is 311. The molecule has 0 rings (SSSR count). The van der Waals surface area contributed by atoms with Crippen LogP contribution in [0.25, 0.3) is 0 Å². The number of rotatable bonds is 4. The fourth-order valence-corrected chi connectivity index (χ4v) is 0.463. The molecule has 0 aromatic carbocycles. The molecule has 0 heterocycles. The Labute approximate surface area is 70.9 Å². The van der Waals surface area contributed by atoms with Gasteiger partial charge in [0.2, 0.25) is 0 Å². The standard InChI is InChI=1S/C6H4O7/c7-3(8)1-2(5(10)11)4(9)6(12)13/h1H,(H,7,8)(H,10,11)(H,12,13)/b2-1-. The second kappa shape index (κ2) is 4.00. The molecular weight excluding hydrogens is 184 g/mol. The number of aliphatic carboxylic acids is 3. The Morgan fingerprint density at radius 3 is 1.54 bits per heavy atom. The van der Waals surface area contributed by atoms with Gasteiger partial charge in [-0.3, -0.25) is 4.79 Å². The van der Waals surface area contributed by atoms with Gasteiger partial charge in [-0.1, -0.05) is 0 Å². The molecule has 0 aliphatic heterocycles. The van der Waals surface area contributed by atoms with Gasteiger partial charge >= 0.3 is 17.9 Å². The summed E-state index contributed by atoms with van der Waals surface area (Å²) in [7, 11) is 0. The van der Waals surface area contributed by atoms with Gasteiger partial charge in [0.15, 0.2) is 0 Å². The molecule has 0 unspecified atom stereocenters. The molecule has 13 heavy (non-hydrogen) atoms. The molecule has 0 aliphatic carbocycles. The van der Waals surface area contributed by atoms with E-state index in [1.165, 1.54) is 0 Å². The zero-order chi connectivity index (χ0) is 10.6. The van der Waals surface area contributed by atoms with Crippen molar-refractivity contribution >= 4 is 23.7 Å². The van der Waals surface area contributed by atoms with Crippen LogP contribution >= 0.6 is 0 Å². The van der Waals surface area contributed by atoms with Crippen LogP contribution in [0, 0.1) is 0 Å². The highest BCUT2D eigenvalue weighted by Gasteiger charge is 2.24. The molecule has 0 saturated heterocycles. The first kappa shape index (κ1) is 10.8. The lowest BCUT2D eigenvalue weighted by Gasteiger charge is -1.93. The third kappa shape index (κ3) is 3.14. The number of carbonyl (C=O) groups is 4. The number of ketones is 1. The van der Waals surface area contributed by atoms with Crippen molar-refractivity contribution in [3.63, 3.8) is 0 Å². The zero-order valence-electron chi connectivity index (χ0n) is 6.05. The van der Waals surface area contributed by atoms with Crippen molar-refractivity contribution in [1.29, 1.82) is 0 Å². The van der Waals surface area contributed by atoms with Crippen molar-refractivity contribution in [2.75, 3.05) is 0 Å². The molecule has 7 nitrogen and oxygen atoms in total. The van der Waals surface area contributed by atoms with Crippen LogP contribution in [0.1, 0.15) is 0 Å². The van der Waals surface area contributed by atoms with Gasteiger partial charge in [-0.25, -0.2) is 14.4 Å². The summed E-state index contributed by atoms with van der Waals surface area (Å²) in [6.45, 7) is 0. The highest BCUT2D eigenvalue weighted by atomic mass is 16.4. The highest BCUT2D eigenvalue weighted by Crippen LogP contribution is 1.97. The fraction of sp³-hybridized carbons (Fsp3) is 0. The molecular formula is C6H4O7. The van der Waals surface area contributed by atoms with E-state index in [1.807, 2.05) is 0 Å². The van der Waals surface area contributed by atoms with Gasteiger partial charge in [0.05, 0.1) is 0 Å². The van der Waals surface area contributed by atoms with E-state index in [1.54, 1.807) is 0 Å². The summed E-state index contributed by atoms with van der Waals surface area (Å²) < 4.78 is 0. The van der Waals surface area contributed by atoms with E-state index in [9.17, 15) is 19.2 Å². The van der Waals surface area contributed by atoms with Crippen molar-refractivity contribution in [2.45, 2.75) is 0 Å². The van der Waals surface area contributed by atoms with Crippen LogP contribution in [0.15, 0.2) is 11.6 Å². The number of hydrogen-bond donors (Lipinski definition) is 3. The summed E-state index contributed by atoms with van der Waals surface area (Å²) in [4.78, 5) is 40.6. The lowest BCUT2D eigenvalue weighted by molar-refractivity contribution is -0.149. The predicted molar refractivity (Wildman–Crippen MR) is 36.0 cm³/mol. The van der Waals surface area contributed by atoms with E-state index in [0.29, 0.717) is 0 Å². The average molecular weight is 188 g/mol. The zero-order valence-corrected chi connectivity index (χ0v) is 6.05. The Kier molecular flexibility index (Phi) is 3.33. The number of carboxylic acids is 3. The molecule has 0 bridgehead atoms. The van der Waals surface area contributed by atoms with Crippen LogP contribution in [0.3, 0.4) is 0 Å². The van der Waals surface area contributed by atoms with Crippen molar-refractivity contribution in [3.05, 3.63) is 11.6 Å². The summed E-state index contributed by atoms with van der Waals surface area (Å²) in [6.07, 6.45) is 0.0266. The van der Waals surface area contributed by atoms with Crippen LogP contribution in [0.2, 0.25) is 0 Å². The molecule has 0 amide bonds. The van der Waals surface area contributed by atoms with Gasteiger partial charge in [0, 0.05) is 6.08 Å². The molecule has 0 saturated carbocycles. The van der Waals surface area contributed by atoms with Crippen molar-refractivity contribution < 1.29 is 34.5 Å². The highest BCUT2D eigenvalue weighted by molar-refractivity contribution is 6.46. The molecule has 0 spiro atoms. The van der Waals surface area contributed by atoms with Gasteiger partial charge in [-0.2, -0.15) is 0 Å². The van der Waals surface area contributed by atoms with Crippen molar-refractivity contribution in [1.82, 2.24) is 0 Å². The van der Waals surface area contributed by atoms with Gasteiger partial charge in [0.25, 0.3) is 5.78 Å². The molecule has 7 heteroatoms. The molecule has 0 atom stereocenters. The second-order valence-electron chi connectivity index (χ2n) is 1.84. The number of Topliss-reactive ketones (excluding diaryl/α,β-unsaturated/α-hetero) is 1. The van der Waals surface area contributed by atoms with Crippen molar-refractivity contribution in [3.8, 4) is 0 Å². The molecule has 0 aromatic heterocycles. The van der Waals surface area contributed by atoms with E-state index in [-0.39, 0.29) is 6.08 Å². The predicted octanol–water partition coefficient (Wildman–Crippen LogP) is -1.26. The van der Waals surface area contributed by atoms with Gasteiger partial charge < -0.3 is 15.3 Å². The summed E-state index contributed by atoms with van der Waals surface area (Å²) in [5, 5.41) is 24.4. The average Bonchev–Trinajstić information content (AvgIpc) is 1.97. The van der Waals surface area contributed by atoms with Crippen LogP contribution < -0.4 is 0 Å². The first-order valence-corrected chi connectivity index (χ1v) is 2.81. The van der Waals surface area contributed by atoms with E-state index in [2.05, 4.69) is 0 Å². The molecule has 0 fully saturated rings. The molecule has 0 aliphatic rings. The topological polar surface area (TPSA) is 129 Å². The Morgan fingerprint density at radius 2 is 1.31 bits per heavy atom. The SMILES string of the molecule is O=C(O)/C=C(\C(=O)O)C(=O)C(=O)O. The third-order valence-corrected chi connectivity index (χ3v) is 0.937. The summed E-state index contributed by atoms with van der Waals surface area (Å²) >= 11 is 0. The monoisotopic (exact) mass is 188 g/mol. The Morgan fingerprint density at radius 1 is 0.846 bits per heavy atom. The number of hydrogen-bond acceptors (Lipinski definition) is 4. The number of carbonyl (C=O) groups excluding carboxylic acids is 1. The maximum Gasteiger partial charge on any atom is 0.377 e. The third-order valence-electron chi connectivity index (χ3n) is 0.937. The normalized spacial score (nSPS) is 10.6. The van der Waals surface area contributed by atoms with Gasteiger partial charge in [-0.15, -0.1) is 0 Å². The lowest BCUT2D eigenvalue weighted by Crippen LogP contribution is -2.21. The Hall–Kier alpha value is -2.18. The van der Waals surface area contributed by atoms with Crippen LogP contribution in [-0.2, 0) is 19.2 Å². The van der Waals surface area contributed by atoms with Crippen LogP contribution in [0.4, 0.5) is 0 Å². The molecule has 0 radical (unpaired) electrons. The lowest BCUT2D eigenvalue weighted by atomic mass is 10.1. The first-order valence-electron chi connectivity index (χ1n) is 2.81. The van der Waals surface area contributed by atoms with E-state index < -0.39 is 29.3 Å². The minimum Gasteiger partial charge on any atom is -0.478 e. The summed E-state index contributed by atoms with van der Waals surface area (Å²) in [5.74, 6) is -7.38. The minimum atomic E-state index is -2.02. The van der Waals surface area contributed by atoms with Crippen molar-refractivity contribution in [2.24, 2.45) is 0 Å². The molecule has 70 valence electrons.